The van der Waals surface area contributed by atoms with Gasteiger partial charge in [-0.2, -0.15) is 0 Å². The zero-order valence-corrected chi connectivity index (χ0v) is 10.7. The molecule has 0 fully saturated rings. The van der Waals surface area contributed by atoms with Gasteiger partial charge in [0.05, 0.1) is 0 Å². The molecule has 0 aliphatic carbocycles. The van der Waals surface area contributed by atoms with E-state index in [-0.39, 0.29) is 0 Å². The quantitative estimate of drug-likeness (QED) is 0.854. The summed E-state index contributed by atoms with van der Waals surface area (Å²) < 4.78 is 11.1. The largest absolute Gasteiger partial charge is 0.486 e. The van der Waals surface area contributed by atoms with Gasteiger partial charge < -0.3 is 19.7 Å². The van der Waals surface area contributed by atoms with E-state index in [9.17, 15) is 0 Å². The van der Waals surface area contributed by atoms with Gasteiger partial charge in [0.15, 0.2) is 11.5 Å². The van der Waals surface area contributed by atoms with Gasteiger partial charge in [-0.25, -0.2) is 0 Å². The van der Waals surface area contributed by atoms with Crippen LogP contribution in [0.15, 0.2) is 18.2 Å². The molecule has 0 saturated carbocycles. The molecule has 1 aromatic carbocycles. The van der Waals surface area contributed by atoms with Gasteiger partial charge in [-0.3, -0.25) is 0 Å². The van der Waals surface area contributed by atoms with Crippen LogP contribution in [0.1, 0.15) is 11.6 Å². The molecular weight excluding hydrogens is 216 g/mol. The lowest BCUT2D eigenvalue weighted by molar-refractivity contribution is 0.171. The molecule has 0 amide bonds. The van der Waals surface area contributed by atoms with E-state index in [1.165, 1.54) is 5.56 Å². The summed E-state index contributed by atoms with van der Waals surface area (Å²) in [6.07, 6.45) is 0. The van der Waals surface area contributed by atoms with Crippen molar-refractivity contribution in [3.8, 4) is 11.5 Å². The maximum atomic E-state index is 5.60. The van der Waals surface area contributed by atoms with E-state index in [0.29, 0.717) is 19.3 Å². The fraction of sp³-hybridized carbons (Fsp3) is 0.538. The Morgan fingerprint density at radius 1 is 1.24 bits per heavy atom. The Balaban J connectivity index is 2.19. The molecule has 0 spiro atoms. The van der Waals surface area contributed by atoms with Crippen molar-refractivity contribution < 1.29 is 9.47 Å². The molecule has 1 aliphatic rings. The molecule has 0 bridgehead atoms. The average Bonchev–Trinajstić information content (AvgIpc) is 2.35. The van der Waals surface area contributed by atoms with E-state index in [0.717, 1.165) is 18.0 Å². The topological polar surface area (TPSA) is 33.7 Å². The maximum Gasteiger partial charge on any atom is 0.161 e. The normalized spacial score (nSPS) is 16.0. The van der Waals surface area contributed by atoms with Crippen molar-refractivity contribution >= 4 is 0 Å². The summed E-state index contributed by atoms with van der Waals surface area (Å²) in [4.78, 5) is 2.16. The van der Waals surface area contributed by atoms with Crippen molar-refractivity contribution in [3.63, 3.8) is 0 Å². The van der Waals surface area contributed by atoms with Gasteiger partial charge in [0.1, 0.15) is 13.2 Å². The van der Waals surface area contributed by atoms with E-state index in [2.05, 4.69) is 36.4 Å². The lowest BCUT2D eigenvalue weighted by Crippen LogP contribution is -2.29. The van der Waals surface area contributed by atoms with Crippen molar-refractivity contribution in [1.29, 1.82) is 0 Å². The molecule has 4 heteroatoms. The van der Waals surface area contributed by atoms with Gasteiger partial charge in [0.25, 0.3) is 0 Å². The van der Waals surface area contributed by atoms with Crippen LogP contribution in [-0.4, -0.2) is 45.8 Å². The SMILES string of the molecule is CNC(CN(C)C)c1ccc2c(c1)OCCO2. The van der Waals surface area contributed by atoms with Crippen molar-refractivity contribution in [3.05, 3.63) is 23.8 Å². The lowest BCUT2D eigenvalue weighted by atomic mass is 10.1. The molecule has 2 rings (SSSR count). The predicted octanol–water partition coefficient (Wildman–Crippen LogP) is 1.28. The van der Waals surface area contributed by atoms with Crippen LogP contribution in [0.3, 0.4) is 0 Å². The lowest BCUT2D eigenvalue weighted by Gasteiger charge is -2.24. The summed E-state index contributed by atoms with van der Waals surface area (Å²) in [6, 6.07) is 6.46. The highest BCUT2D eigenvalue weighted by Crippen LogP contribution is 2.32. The molecule has 1 unspecified atom stereocenters. The average molecular weight is 236 g/mol. The molecule has 1 atom stereocenters. The summed E-state index contributed by atoms with van der Waals surface area (Å²) in [5.74, 6) is 1.70. The molecule has 0 radical (unpaired) electrons. The number of hydrogen-bond acceptors (Lipinski definition) is 4. The predicted molar refractivity (Wildman–Crippen MR) is 67.8 cm³/mol. The molecule has 0 saturated heterocycles. The second kappa shape index (κ2) is 5.38. The van der Waals surface area contributed by atoms with Crippen molar-refractivity contribution in [2.24, 2.45) is 0 Å². The van der Waals surface area contributed by atoms with Crippen LogP contribution < -0.4 is 14.8 Å². The molecule has 1 heterocycles. The fourth-order valence-corrected chi connectivity index (χ4v) is 2.01. The van der Waals surface area contributed by atoms with Gasteiger partial charge >= 0.3 is 0 Å². The number of nitrogens with zero attached hydrogens (tertiary/aromatic N) is 1. The first kappa shape index (κ1) is 12.2. The summed E-state index contributed by atoms with van der Waals surface area (Å²) in [6.45, 7) is 2.23. The summed E-state index contributed by atoms with van der Waals surface area (Å²) in [5, 5.41) is 3.32. The fourth-order valence-electron chi connectivity index (χ4n) is 2.01. The van der Waals surface area contributed by atoms with Crippen LogP contribution in [0.4, 0.5) is 0 Å². The van der Waals surface area contributed by atoms with Crippen molar-refractivity contribution in [2.45, 2.75) is 6.04 Å². The van der Waals surface area contributed by atoms with Crippen molar-refractivity contribution in [1.82, 2.24) is 10.2 Å². The Bertz CT molecular complexity index is 380. The van der Waals surface area contributed by atoms with Gasteiger partial charge in [-0.1, -0.05) is 6.07 Å². The van der Waals surface area contributed by atoms with Gasteiger partial charge in [-0.15, -0.1) is 0 Å². The van der Waals surface area contributed by atoms with Crippen LogP contribution >= 0.6 is 0 Å². The Hall–Kier alpha value is -1.26. The first-order valence-electron chi connectivity index (χ1n) is 5.92. The van der Waals surface area contributed by atoms with Crippen LogP contribution in [0.5, 0.6) is 11.5 Å². The molecule has 1 aromatic rings. The number of rotatable bonds is 4. The van der Waals surface area contributed by atoms with Crippen LogP contribution in [0, 0.1) is 0 Å². The van der Waals surface area contributed by atoms with Crippen LogP contribution in [-0.2, 0) is 0 Å². The second-order valence-electron chi connectivity index (χ2n) is 4.51. The monoisotopic (exact) mass is 236 g/mol. The first-order valence-corrected chi connectivity index (χ1v) is 5.92. The Labute approximate surface area is 103 Å². The molecule has 94 valence electrons. The second-order valence-corrected chi connectivity index (χ2v) is 4.51. The third kappa shape index (κ3) is 2.90. The highest BCUT2D eigenvalue weighted by molar-refractivity contribution is 5.44. The molecule has 17 heavy (non-hydrogen) atoms. The molecule has 4 nitrogen and oxygen atoms in total. The highest BCUT2D eigenvalue weighted by Gasteiger charge is 2.16. The van der Waals surface area contributed by atoms with E-state index in [4.69, 9.17) is 9.47 Å². The molecular formula is C13H20N2O2. The Morgan fingerprint density at radius 2 is 1.94 bits per heavy atom. The zero-order chi connectivity index (χ0) is 12.3. The van der Waals surface area contributed by atoms with Crippen molar-refractivity contribution in [2.75, 3.05) is 40.9 Å². The van der Waals surface area contributed by atoms with Gasteiger partial charge in [0, 0.05) is 12.6 Å². The zero-order valence-electron chi connectivity index (χ0n) is 10.7. The minimum absolute atomic E-state index is 0.306. The number of ether oxygens (including phenoxy) is 2. The third-order valence-electron chi connectivity index (χ3n) is 2.86. The van der Waals surface area contributed by atoms with E-state index >= 15 is 0 Å². The van der Waals surface area contributed by atoms with Crippen LogP contribution in [0.25, 0.3) is 0 Å². The van der Waals surface area contributed by atoms with E-state index in [1.807, 2.05) is 13.1 Å². The first-order chi connectivity index (χ1) is 8.20. The molecule has 1 N–H and O–H groups in total. The number of benzene rings is 1. The van der Waals surface area contributed by atoms with Gasteiger partial charge in [0.2, 0.25) is 0 Å². The van der Waals surface area contributed by atoms with Gasteiger partial charge in [-0.05, 0) is 38.8 Å². The highest BCUT2D eigenvalue weighted by atomic mass is 16.6. The summed E-state index contributed by atoms with van der Waals surface area (Å²) in [7, 11) is 6.12. The minimum atomic E-state index is 0.306. The number of likely N-dealkylation sites (N-methyl/N-ethyl adjacent to an activating group) is 2. The number of nitrogens with one attached hydrogen (secondary N) is 1. The number of fused-ring (bicyclic) bond motifs is 1. The Kier molecular flexibility index (Phi) is 3.86. The smallest absolute Gasteiger partial charge is 0.161 e. The molecule has 1 aliphatic heterocycles. The van der Waals surface area contributed by atoms with E-state index < -0.39 is 0 Å². The Morgan fingerprint density at radius 3 is 2.59 bits per heavy atom. The summed E-state index contributed by atoms with van der Waals surface area (Å²) >= 11 is 0. The third-order valence-corrected chi connectivity index (χ3v) is 2.86. The molecule has 0 aromatic heterocycles. The maximum absolute atomic E-state index is 5.60. The minimum Gasteiger partial charge on any atom is -0.486 e. The summed E-state index contributed by atoms with van der Waals surface area (Å²) in [5.41, 5.74) is 1.23. The van der Waals surface area contributed by atoms with Crippen LogP contribution in [0.2, 0.25) is 0 Å². The standard InChI is InChI=1S/C13H20N2O2/c1-14-11(9-15(2)3)10-4-5-12-13(8-10)17-7-6-16-12/h4-5,8,11,14H,6-7,9H2,1-3H3. The number of hydrogen-bond donors (Lipinski definition) is 1. The van der Waals surface area contributed by atoms with E-state index in [1.54, 1.807) is 0 Å².